The molecule has 0 aromatic carbocycles. The van der Waals surface area contributed by atoms with Crippen molar-refractivity contribution in [3.05, 3.63) is 15.7 Å². The highest BCUT2D eigenvalue weighted by atomic mass is 127. The molecule has 0 N–H and O–H groups in total. The van der Waals surface area contributed by atoms with Gasteiger partial charge < -0.3 is 9.15 Å². The van der Waals surface area contributed by atoms with Crippen LogP contribution in [0.2, 0.25) is 0 Å². The Hall–Kier alpha value is -1.45. The lowest BCUT2D eigenvalue weighted by atomic mass is 10.4. The molecule has 7 nitrogen and oxygen atoms in total. The number of hydrogen-bond donors (Lipinski definition) is 0. The van der Waals surface area contributed by atoms with E-state index in [0.717, 1.165) is 3.57 Å². The van der Waals surface area contributed by atoms with Crippen molar-refractivity contribution in [2.45, 2.75) is 6.42 Å². The molecule has 0 bridgehead atoms. The lowest BCUT2D eigenvalue weighted by Crippen LogP contribution is -2.04. The van der Waals surface area contributed by atoms with Crippen LogP contribution in [0.4, 0.5) is 0 Å². The van der Waals surface area contributed by atoms with Crippen molar-refractivity contribution in [1.29, 1.82) is 0 Å². The van der Waals surface area contributed by atoms with E-state index in [1.807, 2.05) is 6.20 Å². The third kappa shape index (κ3) is 2.62. The fourth-order valence-electron chi connectivity index (χ4n) is 1.22. The van der Waals surface area contributed by atoms with E-state index < -0.39 is 5.97 Å². The van der Waals surface area contributed by atoms with Gasteiger partial charge in [0.15, 0.2) is 5.69 Å². The smallest absolute Gasteiger partial charge is 0.315 e. The maximum Gasteiger partial charge on any atom is 0.315 e. The summed E-state index contributed by atoms with van der Waals surface area (Å²) in [5.41, 5.74) is 0.608. The lowest BCUT2D eigenvalue weighted by molar-refractivity contribution is -0.140. The van der Waals surface area contributed by atoms with Gasteiger partial charge in [-0.15, -0.1) is 10.2 Å². The molecule has 2 aromatic rings. The third-order valence-electron chi connectivity index (χ3n) is 1.98. The average Bonchev–Trinajstić information content (AvgIpc) is 2.85. The molecule has 17 heavy (non-hydrogen) atoms. The van der Waals surface area contributed by atoms with Crippen LogP contribution in [-0.4, -0.2) is 33.1 Å². The summed E-state index contributed by atoms with van der Waals surface area (Å²) < 4.78 is 12.4. The van der Waals surface area contributed by atoms with E-state index in [1.54, 1.807) is 11.7 Å². The van der Waals surface area contributed by atoms with Gasteiger partial charge >= 0.3 is 5.97 Å². The van der Waals surface area contributed by atoms with E-state index in [1.165, 1.54) is 7.11 Å². The lowest BCUT2D eigenvalue weighted by Gasteiger charge is -1.92. The minimum atomic E-state index is -0.420. The van der Waals surface area contributed by atoms with E-state index in [9.17, 15) is 4.79 Å². The number of ether oxygens (including phenoxy) is 1. The molecule has 2 aromatic heterocycles. The predicted octanol–water partition coefficient (Wildman–Crippen LogP) is 0.790. The third-order valence-corrected chi connectivity index (χ3v) is 2.77. The minimum absolute atomic E-state index is 0.0348. The Morgan fingerprint density at radius 3 is 2.94 bits per heavy atom. The van der Waals surface area contributed by atoms with Gasteiger partial charge in [-0.2, -0.15) is 5.10 Å². The highest BCUT2D eigenvalue weighted by molar-refractivity contribution is 14.1. The summed E-state index contributed by atoms with van der Waals surface area (Å²) in [5, 5.41) is 11.8. The second-order valence-electron chi connectivity index (χ2n) is 3.25. The van der Waals surface area contributed by atoms with Crippen LogP contribution in [0.15, 0.2) is 10.6 Å². The van der Waals surface area contributed by atoms with Gasteiger partial charge in [-0.05, 0) is 22.6 Å². The molecule has 0 saturated carbocycles. The second-order valence-corrected chi connectivity index (χ2v) is 4.42. The first kappa shape index (κ1) is 12.0. The molecule has 0 radical (unpaired) electrons. The Bertz CT molecular complexity index is 548. The first-order valence-electron chi connectivity index (χ1n) is 4.69. The highest BCUT2D eigenvalue weighted by Crippen LogP contribution is 2.21. The standard InChI is InChI=1S/C9H9IN4O3/c1-14-4-5(10)8(13-14)9-12-11-6(17-9)3-7(15)16-2/h4H,3H2,1-2H3. The van der Waals surface area contributed by atoms with Gasteiger partial charge in [0.2, 0.25) is 5.89 Å². The molecule has 0 saturated heterocycles. The summed E-state index contributed by atoms with van der Waals surface area (Å²) in [4.78, 5) is 11.0. The zero-order chi connectivity index (χ0) is 12.4. The van der Waals surface area contributed by atoms with Crippen molar-refractivity contribution in [1.82, 2.24) is 20.0 Å². The van der Waals surface area contributed by atoms with Gasteiger partial charge in [0.1, 0.15) is 6.42 Å². The minimum Gasteiger partial charge on any atom is -0.469 e. The average molecular weight is 348 g/mol. The van der Waals surface area contributed by atoms with E-state index in [-0.39, 0.29) is 12.3 Å². The van der Waals surface area contributed by atoms with Crippen molar-refractivity contribution in [3.63, 3.8) is 0 Å². The number of aryl methyl sites for hydroxylation is 1. The van der Waals surface area contributed by atoms with Crippen molar-refractivity contribution in [2.24, 2.45) is 7.05 Å². The summed E-state index contributed by atoms with van der Waals surface area (Å²) in [6.45, 7) is 0. The van der Waals surface area contributed by atoms with Gasteiger partial charge in [-0.1, -0.05) is 0 Å². The summed E-state index contributed by atoms with van der Waals surface area (Å²) in [6, 6.07) is 0. The maximum atomic E-state index is 11.0. The van der Waals surface area contributed by atoms with E-state index in [2.05, 4.69) is 42.6 Å². The van der Waals surface area contributed by atoms with Gasteiger partial charge in [0, 0.05) is 13.2 Å². The van der Waals surface area contributed by atoms with Crippen molar-refractivity contribution < 1.29 is 13.9 Å². The largest absolute Gasteiger partial charge is 0.469 e. The van der Waals surface area contributed by atoms with Crippen LogP contribution in [0.5, 0.6) is 0 Å². The van der Waals surface area contributed by atoms with Gasteiger partial charge in [-0.25, -0.2) is 0 Å². The number of halogens is 1. The number of hydrogen-bond acceptors (Lipinski definition) is 6. The molecule has 0 unspecified atom stereocenters. The number of carbonyl (C=O) groups excluding carboxylic acids is 1. The molecule has 0 spiro atoms. The zero-order valence-corrected chi connectivity index (χ0v) is 11.3. The van der Waals surface area contributed by atoms with Crippen molar-refractivity contribution in [2.75, 3.05) is 7.11 Å². The number of esters is 1. The molecular weight excluding hydrogens is 339 g/mol. The molecule has 0 aliphatic rings. The molecule has 2 heterocycles. The van der Waals surface area contributed by atoms with Gasteiger partial charge in [-0.3, -0.25) is 9.48 Å². The Kier molecular flexibility index (Phi) is 3.41. The molecule has 0 atom stereocenters. The molecule has 0 aliphatic carbocycles. The first-order chi connectivity index (χ1) is 8.10. The Labute approximate surface area is 110 Å². The van der Waals surface area contributed by atoms with E-state index in [0.29, 0.717) is 11.6 Å². The fraction of sp³-hybridized carbons (Fsp3) is 0.333. The molecule has 8 heteroatoms. The zero-order valence-electron chi connectivity index (χ0n) is 9.18. The Balaban J connectivity index is 2.24. The summed E-state index contributed by atoms with van der Waals surface area (Å²) in [7, 11) is 3.11. The van der Waals surface area contributed by atoms with Crippen LogP contribution in [0.1, 0.15) is 5.89 Å². The fourth-order valence-corrected chi connectivity index (χ4v) is 1.96. The van der Waals surface area contributed by atoms with Gasteiger partial charge in [0.05, 0.1) is 10.7 Å². The van der Waals surface area contributed by atoms with Crippen LogP contribution >= 0.6 is 22.6 Å². The number of carbonyl (C=O) groups is 1. The molecule has 0 fully saturated rings. The summed E-state index contributed by atoms with van der Waals surface area (Å²) >= 11 is 2.12. The maximum absolute atomic E-state index is 11.0. The van der Waals surface area contributed by atoms with Crippen LogP contribution in [0.3, 0.4) is 0 Å². The second kappa shape index (κ2) is 4.82. The Morgan fingerprint density at radius 1 is 1.59 bits per heavy atom. The van der Waals surface area contributed by atoms with Crippen LogP contribution in [0.25, 0.3) is 11.6 Å². The number of nitrogens with zero attached hydrogens (tertiary/aromatic N) is 4. The SMILES string of the molecule is COC(=O)Cc1nnc(-c2nn(C)cc2I)o1. The van der Waals surface area contributed by atoms with Crippen LogP contribution < -0.4 is 0 Å². The molecular formula is C9H9IN4O3. The van der Waals surface area contributed by atoms with Crippen LogP contribution in [-0.2, 0) is 23.0 Å². The monoisotopic (exact) mass is 348 g/mol. The van der Waals surface area contributed by atoms with Crippen molar-refractivity contribution >= 4 is 28.6 Å². The topological polar surface area (TPSA) is 83.0 Å². The highest BCUT2D eigenvalue weighted by Gasteiger charge is 2.16. The summed E-state index contributed by atoms with van der Waals surface area (Å²) in [5.74, 6) is 0.0955. The predicted molar refractivity (Wildman–Crippen MR) is 64.9 cm³/mol. The molecule has 2 rings (SSSR count). The normalized spacial score (nSPS) is 10.5. The first-order valence-corrected chi connectivity index (χ1v) is 5.76. The van der Waals surface area contributed by atoms with Crippen molar-refractivity contribution in [3.8, 4) is 11.6 Å². The van der Waals surface area contributed by atoms with Crippen LogP contribution in [0, 0.1) is 3.57 Å². The number of rotatable bonds is 3. The molecule has 90 valence electrons. The number of methoxy groups -OCH3 is 1. The number of aromatic nitrogens is 4. The molecule has 0 amide bonds. The molecule has 0 aliphatic heterocycles. The quantitative estimate of drug-likeness (QED) is 0.603. The van der Waals surface area contributed by atoms with Gasteiger partial charge in [0.25, 0.3) is 5.89 Å². The Morgan fingerprint density at radius 2 is 2.35 bits per heavy atom. The summed E-state index contributed by atoms with van der Waals surface area (Å²) in [6.07, 6.45) is 1.80. The van der Waals surface area contributed by atoms with E-state index in [4.69, 9.17) is 4.42 Å². The van der Waals surface area contributed by atoms with E-state index >= 15 is 0 Å².